The average Bonchev–Trinajstić information content (AvgIpc) is 1.69. The minimum Gasteiger partial charge on any atom is -0.448 e. The Hall–Kier alpha value is -1.07. The molecule has 1 rings (SSSR count). The first-order chi connectivity index (χ1) is 3.39. The van der Waals surface area contributed by atoms with Gasteiger partial charge in [-0.15, -0.1) is 0 Å². The van der Waals surface area contributed by atoms with Gasteiger partial charge in [0.25, 0.3) is 0 Å². The zero-order valence-corrected chi connectivity index (χ0v) is 3.76. The van der Waals surface area contributed by atoms with Gasteiger partial charge in [0.2, 0.25) is 5.76 Å². The van der Waals surface area contributed by atoms with Crippen molar-refractivity contribution in [2.75, 3.05) is 0 Å². The summed E-state index contributed by atoms with van der Waals surface area (Å²) < 4.78 is 0. The Morgan fingerprint density at radius 2 is 2.43 bits per heavy atom. The van der Waals surface area contributed by atoms with Crippen LogP contribution in [0.5, 0.6) is 0 Å². The molecule has 0 radical (unpaired) electrons. The van der Waals surface area contributed by atoms with Crippen molar-refractivity contribution in [1.82, 2.24) is 0 Å². The largest absolute Gasteiger partial charge is 0.448 e. The first-order valence-corrected chi connectivity index (χ1v) is 2.04. The number of rotatable bonds is 0. The van der Waals surface area contributed by atoms with Crippen LogP contribution in [0.2, 0.25) is 0 Å². The van der Waals surface area contributed by atoms with Crippen LogP contribution < -0.4 is 0 Å². The SMILES string of the molecule is OC1=CC=C[C+]=C1. The van der Waals surface area contributed by atoms with E-state index in [2.05, 4.69) is 6.08 Å². The Morgan fingerprint density at radius 1 is 1.57 bits per heavy atom. The van der Waals surface area contributed by atoms with Crippen molar-refractivity contribution in [3.63, 3.8) is 0 Å². The summed E-state index contributed by atoms with van der Waals surface area (Å²) in [6.07, 6.45) is 9.30. The fourth-order valence-electron chi connectivity index (χ4n) is 0.384. The third-order valence-electron chi connectivity index (χ3n) is 0.691. The van der Waals surface area contributed by atoms with Crippen molar-refractivity contribution in [1.29, 1.82) is 0 Å². The van der Waals surface area contributed by atoms with E-state index >= 15 is 0 Å². The van der Waals surface area contributed by atoms with E-state index in [1.807, 2.05) is 0 Å². The summed E-state index contributed by atoms with van der Waals surface area (Å²) in [5.74, 6) is 0.266. The molecule has 1 aliphatic rings. The topological polar surface area (TPSA) is 20.2 Å². The molecule has 0 unspecified atom stereocenters. The van der Waals surface area contributed by atoms with E-state index in [-0.39, 0.29) is 5.76 Å². The molecule has 1 heteroatoms. The molecule has 0 aromatic carbocycles. The number of allylic oxidation sites excluding steroid dienone is 5. The van der Waals surface area contributed by atoms with Gasteiger partial charge in [-0.3, -0.25) is 0 Å². The lowest BCUT2D eigenvalue weighted by atomic mass is 10.3. The van der Waals surface area contributed by atoms with E-state index in [4.69, 9.17) is 5.11 Å². The maximum absolute atomic E-state index is 8.60. The standard InChI is InChI=1S/C6H4O/c7-6-4-2-1-3-5-6/h1-2,4-5H/p+1. The summed E-state index contributed by atoms with van der Waals surface area (Å²) >= 11 is 0. The highest BCUT2D eigenvalue weighted by molar-refractivity contribution is 5.23. The Kier molecular flexibility index (Phi) is 0.928. The highest BCUT2D eigenvalue weighted by atomic mass is 16.3. The fourth-order valence-corrected chi connectivity index (χ4v) is 0.384. The molecule has 34 valence electrons. The van der Waals surface area contributed by atoms with Gasteiger partial charge in [-0.05, 0) is 0 Å². The van der Waals surface area contributed by atoms with Gasteiger partial charge in [-0.1, -0.05) is 0 Å². The second-order valence-corrected chi connectivity index (χ2v) is 1.26. The smallest absolute Gasteiger partial charge is 0.230 e. The summed E-state index contributed by atoms with van der Waals surface area (Å²) in [4.78, 5) is 0. The highest BCUT2D eigenvalue weighted by Gasteiger charge is 1.94. The van der Waals surface area contributed by atoms with Crippen LogP contribution in [0.4, 0.5) is 0 Å². The monoisotopic (exact) mass is 93.0 g/mol. The third-order valence-corrected chi connectivity index (χ3v) is 0.691. The van der Waals surface area contributed by atoms with E-state index in [1.165, 1.54) is 6.08 Å². The Morgan fingerprint density at radius 3 is 2.71 bits per heavy atom. The summed E-state index contributed by atoms with van der Waals surface area (Å²) in [6.45, 7) is 0. The molecule has 0 heterocycles. The van der Waals surface area contributed by atoms with Gasteiger partial charge in [-0.25, -0.2) is 0 Å². The van der Waals surface area contributed by atoms with E-state index < -0.39 is 0 Å². The minimum absolute atomic E-state index is 0.266. The maximum Gasteiger partial charge on any atom is 0.230 e. The first kappa shape index (κ1) is 4.10. The molecule has 7 heavy (non-hydrogen) atoms. The number of aliphatic hydroxyl groups is 1. The summed E-state index contributed by atoms with van der Waals surface area (Å²) in [7, 11) is 0. The molecule has 0 saturated carbocycles. The van der Waals surface area contributed by atoms with Crippen LogP contribution in [0.3, 0.4) is 0 Å². The molecule has 1 N–H and O–H groups in total. The lowest BCUT2D eigenvalue weighted by Crippen LogP contribution is -1.74. The molecular formula is C6H5O+. The number of aliphatic hydroxyl groups excluding tert-OH is 1. The van der Waals surface area contributed by atoms with Gasteiger partial charge in [-0.2, -0.15) is 0 Å². The van der Waals surface area contributed by atoms with Crippen LogP contribution in [-0.4, -0.2) is 5.11 Å². The fraction of sp³-hybridized carbons (Fsp3) is 0. The molecule has 0 atom stereocenters. The molecule has 0 aromatic heterocycles. The lowest BCUT2D eigenvalue weighted by Gasteiger charge is -1.76. The second-order valence-electron chi connectivity index (χ2n) is 1.26. The van der Waals surface area contributed by atoms with Crippen molar-refractivity contribution in [3.05, 3.63) is 36.1 Å². The van der Waals surface area contributed by atoms with Crippen LogP contribution in [0.15, 0.2) is 30.1 Å². The summed E-state index contributed by atoms with van der Waals surface area (Å²) in [5, 5.41) is 8.60. The van der Waals surface area contributed by atoms with E-state index in [1.54, 1.807) is 18.2 Å². The molecule has 0 spiro atoms. The van der Waals surface area contributed by atoms with Crippen LogP contribution in [0.25, 0.3) is 0 Å². The number of hydrogen-bond donors (Lipinski definition) is 1. The minimum atomic E-state index is 0.266. The van der Waals surface area contributed by atoms with E-state index in [0.717, 1.165) is 0 Å². The summed E-state index contributed by atoms with van der Waals surface area (Å²) in [6, 6.07) is 0. The van der Waals surface area contributed by atoms with Gasteiger partial charge >= 0.3 is 0 Å². The zero-order valence-electron chi connectivity index (χ0n) is 3.76. The molecule has 0 fully saturated rings. The zero-order chi connectivity index (χ0) is 5.11. The highest BCUT2D eigenvalue weighted by Crippen LogP contribution is 1.95. The van der Waals surface area contributed by atoms with Gasteiger partial charge in [0.05, 0.1) is 12.2 Å². The van der Waals surface area contributed by atoms with Crippen LogP contribution in [0, 0.1) is 6.08 Å². The lowest BCUT2D eigenvalue weighted by molar-refractivity contribution is 0.432. The molecule has 1 aliphatic carbocycles. The summed E-state index contributed by atoms with van der Waals surface area (Å²) in [5.41, 5.74) is 0. The van der Waals surface area contributed by atoms with Crippen molar-refractivity contribution in [3.8, 4) is 0 Å². The van der Waals surface area contributed by atoms with Crippen LogP contribution in [-0.2, 0) is 0 Å². The van der Waals surface area contributed by atoms with Gasteiger partial charge < -0.3 is 5.11 Å². The molecular weight excluding hydrogens is 88.1 g/mol. The molecule has 0 aromatic rings. The van der Waals surface area contributed by atoms with E-state index in [0.29, 0.717) is 0 Å². The maximum atomic E-state index is 8.60. The Labute approximate surface area is 42.3 Å². The predicted molar refractivity (Wildman–Crippen MR) is 27.7 cm³/mol. The molecule has 0 saturated heterocycles. The normalized spacial score (nSPS) is 15.7. The van der Waals surface area contributed by atoms with Gasteiger partial charge in [0.15, 0.2) is 0 Å². The van der Waals surface area contributed by atoms with E-state index in [9.17, 15) is 0 Å². The van der Waals surface area contributed by atoms with Crippen molar-refractivity contribution in [2.24, 2.45) is 0 Å². The van der Waals surface area contributed by atoms with Crippen molar-refractivity contribution >= 4 is 0 Å². The van der Waals surface area contributed by atoms with Crippen molar-refractivity contribution < 1.29 is 5.11 Å². The third kappa shape index (κ3) is 0.881. The van der Waals surface area contributed by atoms with Gasteiger partial charge in [0, 0.05) is 6.08 Å². The Balaban J connectivity index is 2.82. The van der Waals surface area contributed by atoms with Gasteiger partial charge in [0.1, 0.15) is 12.2 Å². The molecule has 0 bridgehead atoms. The first-order valence-electron chi connectivity index (χ1n) is 2.04. The number of hydrogen-bond acceptors (Lipinski definition) is 1. The predicted octanol–water partition coefficient (Wildman–Crippen LogP) is 1.36. The average molecular weight is 93.1 g/mol. The van der Waals surface area contributed by atoms with Crippen LogP contribution >= 0.6 is 0 Å². The molecule has 0 aliphatic heterocycles. The second kappa shape index (κ2) is 1.59. The Bertz CT molecular complexity index is 140. The molecule has 1 nitrogen and oxygen atoms in total. The van der Waals surface area contributed by atoms with Crippen LogP contribution in [0.1, 0.15) is 0 Å². The molecule has 0 amide bonds. The quantitative estimate of drug-likeness (QED) is 0.448. The van der Waals surface area contributed by atoms with Crippen molar-refractivity contribution in [2.45, 2.75) is 0 Å².